The number of fused-ring (bicyclic) bond motifs is 1. The summed E-state index contributed by atoms with van der Waals surface area (Å²) in [5, 5.41) is 26.4. The van der Waals surface area contributed by atoms with Gasteiger partial charge in [-0.25, -0.2) is 9.67 Å². The molecule has 35 heavy (non-hydrogen) atoms. The minimum Gasteiger partial charge on any atom is -0.405 e. The molecule has 1 aliphatic rings. The third kappa shape index (κ3) is 4.55. The molecule has 3 aromatic carbocycles. The van der Waals surface area contributed by atoms with Crippen LogP contribution in [0.4, 0.5) is 5.69 Å². The van der Waals surface area contributed by atoms with Crippen LogP contribution < -0.4 is 10.6 Å². The van der Waals surface area contributed by atoms with Crippen molar-refractivity contribution in [1.82, 2.24) is 15.1 Å². The van der Waals surface area contributed by atoms with E-state index in [9.17, 15) is 4.79 Å². The number of benzene rings is 3. The van der Waals surface area contributed by atoms with Gasteiger partial charge in [-0.3, -0.25) is 15.6 Å². The second-order valence-corrected chi connectivity index (χ2v) is 7.65. The van der Waals surface area contributed by atoms with Crippen LogP contribution in [0.2, 0.25) is 0 Å². The Morgan fingerprint density at radius 3 is 2.37 bits per heavy atom. The average molecular weight is 464 g/mol. The van der Waals surface area contributed by atoms with Gasteiger partial charge in [-0.1, -0.05) is 66.7 Å². The second kappa shape index (κ2) is 9.44. The quantitative estimate of drug-likeness (QED) is 0.272. The molecule has 0 radical (unpaired) electrons. The van der Waals surface area contributed by atoms with Crippen LogP contribution in [0.25, 0.3) is 5.69 Å². The Balaban J connectivity index is 1.38. The molecule has 0 spiro atoms. The lowest BCUT2D eigenvalue weighted by molar-refractivity contribution is -0.117. The Morgan fingerprint density at radius 1 is 0.914 bits per heavy atom. The monoisotopic (exact) mass is 463 g/mol. The summed E-state index contributed by atoms with van der Waals surface area (Å²) >= 11 is 0. The van der Waals surface area contributed by atoms with Crippen molar-refractivity contribution in [3.8, 4) is 5.69 Å². The van der Waals surface area contributed by atoms with Gasteiger partial charge >= 0.3 is 0 Å². The summed E-state index contributed by atoms with van der Waals surface area (Å²) in [7, 11) is 0. The summed E-state index contributed by atoms with van der Waals surface area (Å²) in [5.74, 6) is -0.744. The smallest absolute Gasteiger partial charge is 0.290 e. The number of ether oxygens (including phenoxy) is 1. The van der Waals surface area contributed by atoms with Gasteiger partial charge < -0.3 is 15.4 Å². The lowest BCUT2D eigenvalue weighted by Crippen LogP contribution is -2.43. The van der Waals surface area contributed by atoms with Crippen molar-refractivity contribution in [2.75, 3.05) is 5.32 Å². The van der Waals surface area contributed by atoms with Crippen LogP contribution in [0.3, 0.4) is 0 Å². The molecule has 1 aromatic heterocycles. The number of aromatic nitrogens is 2. The molecule has 0 aliphatic carbocycles. The van der Waals surface area contributed by atoms with Gasteiger partial charge in [-0.15, -0.1) is 0 Å². The van der Waals surface area contributed by atoms with Crippen molar-refractivity contribution in [3.05, 3.63) is 114 Å². The molecule has 1 amide bonds. The zero-order chi connectivity index (χ0) is 24.2. The number of aliphatic imine (C=N–C) groups is 1. The standard InChI is InChI=1S/C26H21N7O2/c27-23(21-15-16-29-33(21)18-11-5-2-6-12-18)35-26(28)32-24-25(34)30-20-14-8-7-13-19(20)22(31-24)17-9-3-1-4-10-17/h1-16,24,27H,(H2,28,32)(H,30,34). The minimum absolute atomic E-state index is 0.298. The number of benzodiazepines with no additional fused rings is 1. The van der Waals surface area contributed by atoms with Crippen LogP contribution in [0.1, 0.15) is 16.8 Å². The highest BCUT2D eigenvalue weighted by Crippen LogP contribution is 2.23. The van der Waals surface area contributed by atoms with E-state index in [-0.39, 0.29) is 5.90 Å². The Labute approximate surface area is 201 Å². The fourth-order valence-corrected chi connectivity index (χ4v) is 3.74. The van der Waals surface area contributed by atoms with Crippen LogP contribution in [0.5, 0.6) is 0 Å². The van der Waals surface area contributed by atoms with Crippen molar-refractivity contribution in [1.29, 1.82) is 10.8 Å². The first kappa shape index (κ1) is 21.8. The third-order valence-electron chi connectivity index (χ3n) is 5.34. The predicted octanol–water partition coefficient (Wildman–Crippen LogP) is 3.55. The first-order chi connectivity index (χ1) is 17.1. The lowest BCUT2D eigenvalue weighted by atomic mass is 10.0. The van der Waals surface area contributed by atoms with E-state index in [1.807, 2.05) is 78.9 Å². The number of amides is 1. The number of nitrogens with zero attached hydrogens (tertiary/aromatic N) is 3. The van der Waals surface area contributed by atoms with Crippen LogP contribution in [0, 0.1) is 10.8 Å². The van der Waals surface area contributed by atoms with E-state index in [0.29, 0.717) is 17.1 Å². The van der Waals surface area contributed by atoms with Crippen LogP contribution in [-0.4, -0.2) is 39.5 Å². The van der Waals surface area contributed by atoms with Gasteiger partial charge in [0.15, 0.2) is 0 Å². The summed E-state index contributed by atoms with van der Waals surface area (Å²) in [6.45, 7) is 0. The van der Waals surface area contributed by atoms with E-state index in [4.69, 9.17) is 15.6 Å². The number of rotatable bonds is 4. The van der Waals surface area contributed by atoms with Gasteiger partial charge in [0, 0.05) is 11.1 Å². The third-order valence-corrected chi connectivity index (χ3v) is 5.34. The Kier molecular flexibility index (Phi) is 5.87. The zero-order valence-corrected chi connectivity index (χ0v) is 18.5. The van der Waals surface area contributed by atoms with E-state index in [2.05, 4.69) is 20.7 Å². The fourth-order valence-electron chi connectivity index (χ4n) is 3.74. The van der Waals surface area contributed by atoms with Crippen LogP contribution >= 0.6 is 0 Å². The number of carbonyl (C=O) groups is 1. The average Bonchev–Trinajstić information content (AvgIpc) is 3.33. The molecule has 9 heteroatoms. The number of hydrogen-bond donors (Lipinski definition) is 4. The summed E-state index contributed by atoms with van der Waals surface area (Å²) in [6.07, 6.45) is 0.404. The van der Waals surface area contributed by atoms with E-state index in [1.165, 1.54) is 4.68 Å². The summed E-state index contributed by atoms with van der Waals surface area (Å²) in [5.41, 5.74) is 3.92. The predicted molar refractivity (Wildman–Crippen MR) is 133 cm³/mol. The highest BCUT2D eigenvalue weighted by molar-refractivity contribution is 6.19. The van der Waals surface area contributed by atoms with Crippen molar-refractivity contribution < 1.29 is 9.53 Å². The van der Waals surface area contributed by atoms with Gasteiger partial charge in [0.05, 0.1) is 23.3 Å². The summed E-state index contributed by atoms with van der Waals surface area (Å²) in [6, 6.07) is 27.3. The van der Waals surface area contributed by atoms with Gasteiger partial charge in [-0.2, -0.15) is 5.10 Å². The zero-order valence-electron chi connectivity index (χ0n) is 18.5. The highest BCUT2D eigenvalue weighted by Gasteiger charge is 2.27. The number of amidine groups is 1. The van der Waals surface area contributed by atoms with Crippen molar-refractivity contribution >= 4 is 29.2 Å². The lowest BCUT2D eigenvalue weighted by Gasteiger charge is -2.16. The molecule has 4 N–H and O–H groups in total. The van der Waals surface area contributed by atoms with Crippen LogP contribution in [0.15, 0.2) is 102 Å². The van der Waals surface area contributed by atoms with Crippen molar-refractivity contribution in [3.63, 3.8) is 0 Å². The molecule has 1 unspecified atom stereocenters. The summed E-state index contributed by atoms with van der Waals surface area (Å²) < 4.78 is 6.95. The van der Waals surface area contributed by atoms with E-state index in [1.54, 1.807) is 18.3 Å². The highest BCUT2D eigenvalue weighted by atomic mass is 16.5. The Morgan fingerprint density at radius 2 is 1.60 bits per heavy atom. The largest absolute Gasteiger partial charge is 0.405 e. The van der Waals surface area contributed by atoms with Gasteiger partial charge in [0.1, 0.15) is 5.69 Å². The molecule has 5 rings (SSSR count). The first-order valence-electron chi connectivity index (χ1n) is 10.8. The maximum Gasteiger partial charge on any atom is 0.290 e. The summed E-state index contributed by atoms with van der Waals surface area (Å²) in [4.78, 5) is 17.6. The Hall–Kier alpha value is -5.05. The SMILES string of the molecule is N=C(NC1N=C(c2ccccc2)c2ccccc2NC1=O)OC(=N)c1ccnn1-c1ccccc1. The number of hydrogen-bond acceptors (Lipinski definition) is 6. The molecular weight excluding hydrogens is 442 g/mol. The maximum absolute atomic E-state index is 12.9. The van der Waals surface area contributed by atoms with Crippen molar-refractivity contribution in [2.24, 2.45) is 4.99 Å². The van der Waals surface area contributed by atoms with E-state index < -0.39 is 18.1 Å². The molecule has 0 saturated heterocycles. The van der Waals surface area contributed by atoms with E-state index in [0.717, 1.165) is 16.8 Å². The normalized spacial score (nSPS) is 14.7. The van der Waals surface area contributed by atoms with Crippen LogP contribution in [-0.2, 0) is 9.53 Å². The van der Waals surface area contributed by atoms with Crippen molar-refractivity contribution in [2.45, 2.75) is 6.17 Å². The molecular formula is C26H21N7O2. The first-order valence-corrected chi connectivity index (χ1v) is 10.8. The molecule has 9 nitrogen and oxygen atoms in total. The number of para-hydroxylation sites is 2. The number of anilines is 1. The maximum atomic E-state index is 12.9. The van der Waals surface area contributed by atoms with Gasteiger partial charge in [0.25, 0.3) is 11.9 Å². The number of carbonyl (C=O) groups excluding carboxylic acids is 1. The van der Waals surface area contributed by atoms with E-state index >= 15 is 0 Å². The van der Waals surface area contributed by atoms with Gasteiger partial charge in [0.2, 0.25) is 12.1 Å². The molecule has 0 saturated carbocycles. The Bertz CT molecular complexity index is 1430. The van der Waals surface area contributed by atoms with Gasteiger partial charge in [-0.05, 0) is 24.3 Å². The molecule has 172 valence electrons. The molecule has 1 atom stereocenters. The molecule has 0 bridgehead atoms. The second-order valence-electron chi connectivity index (χ2n) is 7.65. The molecule has 4 aromatic rings. The minimum atomic E-state index is -1.14. The number of nitrogens with one attached hydrogen (secondary N) is 4. The topological polar surface area (TPSA) is 128 Å². The molecule has 0 fully saturated rings. The molecule has 1 aliphatic heterocycles. The fraction of sp³-hybridized carbons (Fsp3) is 0.0385. The molecule has 2 heterocycles.